The molecule has 0 unspecified atom stereocenters. The zero-order valence-electron chi connectivity index (χ0n) is 16.7. The van der Waals surface area contributed by atoms with Crippen molar-refractivity contribution in [3.05, 3.63) is 60.7 Å². The summed E-state index contributed by atoms with van der Waals surface area (Å²) >= 11 is 0. The van der Waals surface area contributed by atoms with Crippen LogP contribution in [0.5, 0.6) is 0 Å². The molecule has 3 heterocycles. The number of aromatic nitrogens is 5. The Labute approximate surface area is 169 Å². The van der Waals surface area contributed by atoms with Gasteiger partial charge in [0.2, 0.25) is 0 Å². The van der Waals surface area contributed by atoms with Crippen LogP contribution in [0.3, 0.4) is 0 Å². The van der Waals surface area contributed by atoms with E-state index in [9.17, 15) is 8.42 Å². The number of hydrogen-bond donors (Lipinski definition) is 0. The molecule has 0 saturated carbocycles. The molecule has 0 radical (unpaired) electrons. The second-order valence-electron chi connectivity index (χ2n) is 7.15. The highest BCUT2D eigenvalue weighted by molar-refractivity contribution is 7.92. The monoisotopic (exact) mass is 410 g/mol. The Hall–Kier alpha value is -3.20. The maximum Gasteiger partial charge on any atom is 0.265 e. The Bertz CT molecular complexity index is 1270. The Morgan fingerprint density at radius 2 is 1.86 bits per heavy atom. The fourth-order valence-electron chi connectivity index (χ4n) is 3.19. The zero-order chi connectivity index (χ0) is 20.8. The molecule has 0 spiro atoms. The predicted molar refractivity (Wildman–Crippen MR) is 112 cm³/mol. The lowest BCUT2D eigenvalue weighted by atomic mass is 10.1. The van der Waals surface area contributed by atoms with Gasteiger partial charge in [0.05, 0.1) is 23.1 Å². The number of anilines is 1. The molecule has 0 fully saturated rings. The summed E-state index contributed by atoms with van der Waals surface area (Å²) in [5.74, 6) is 0.867. The topological polar surface area (TPSA) is 85.9 Å². The summed E-state index contributed by atoms with van der Waals surface area (Å²) in [6, 6.07) is 10.6. The van der Waals surface area contributed by atoms with Gasteiger partial charge in [-0.2, -0.15) is 10.2 Å². The molecule has 0 aliphatic carbocycles. The normalized spacial score (nSPS) is 12.0. The highest BCUT2D eigenvalue weighted by Gasteiger charge is 2.24. The van der Waals surface area contributed by atoms with Gasteiger partial charge < -0.3 is 0 Å². The molecule has 150 valence electrons. The fraction of sp³-hybridized carbons (Fsp3) is 0.250. The van der Waals surface area contributed by atoms with Gasteiger partial charge in [-0.05, 0) is 30.2 Å². The van der Waals surface area contributed by atoms with E-state index in [1.165, 1.54) is 17.5 Å². The highest BCUT2D eigenvalue weighted by Crippen LogP contribution is 2.29. The van der Waals surface area contributed by atoms with Crippen molar-refractivity contribution in [1.29, 1.82) is 0 Å². The summed E-state index contributed by atoms with van der Waals surface area (Å²) in [4.78, 5) is 4.42. The first-order valence-corrected chi connectivity index (χ1v) is 10.6. The van der Waals surface area contributed by atoms with Crippen molar-refractivity contribution in [2.24, 2.45) is 7.05 Å². The van der Waals surface area contributed by atoms with Crippen LogP contribution >= 0.6 is 0 Å². The number of pyridine rings is 1. The molecule has 4 aromatic rings. The lowest BCUT2D eigenvalue weighted by molar-refractivity contribution is 0.594. The smallest absolute Gasteiger partial charge is 0.265 e. The number of fused-ring (bicyclic) bond motifs is 1. The second kappa shape index (κ2) is 7.00. The van der Waals surface area contributed by atoms with Gasteiger partial charge >= 0.3 is 0 Å². The number of nitrogens with zero attached hydrogens (tertiary/aromatic N) is 6. The van der Waals surface area contributed by atoms with Gasteiger partial charge in [0.25, 0.3) is 10.0 Å². The molecule has 8 nitrogen and oxygen atoms in total. The molecule has 0 saturated heterocycles. The van der Waals surface area contributed by atoms with Crippen molar-refractivity contribution in [3.63, 3.8) is 0 Å². The fourth-order valence-corrected chi connectivity index (χ4v) is 4.34. The van der Waals surface area contributed by atoms with Crippen LogP contribution in [0.2, 0.25) is 0 Å². The number of rotatable bonds is 5. The van der Waals surface area contributed by atoms with Crippen molar-refractivity contribution < 1.29 is 8.42 Å². The maximum atomic E-state index is 13.2. The Morgan fingerprint density at radius 1 is 1.07 bits per heavy atom. The molecule has 9 heteroatoms. The summed E-state index contributed by atoms with van der Waals surface area (Å²) in [5.41, 5.74) is 2.26. The van der Waals surface area contributed by atoms with E-state index in [1.54, 1.807) is 40.8 Å². The number of benzene rings is 1. The van der Waals surface area contributed by atoms with Crippen LogP contribution in [0.15, 0.2) is 59.9 Å². The average Bonchev–Trinajstić information content (AvgIpc) is 3.35. The third kappa shape index (κ3) is 3.27. The van der Waals surface area contributed by atoms with Crippen molar-refractivity contribution >= 4 is 26.6 Å². The van der Waals surface area contributed by atoms with Gasteiger partial charge in [-0.25, -0.2) is 18.1 Å². The Morgan fingerprint density at radius 3 is 2.52 bits per heavy atom. The molecule has 0 amide bonds. The quantitative estimate of drug-likeness (QED) is 0.505. The summed E-state index contributed by atoms with van der Waals surface area (Å²) in [7, 11) is -0.460. The maximum absolute atomic E-state index is 13.2. The van der Waals surface area contributed by atoms with E-state index >= 15 is 0 Å². The number of sulfonamides is 1. The zero-order valence-corrected chi connectivity index (χ0v) is 17.5. The van der Waals surface area contributed by atoms with Crippen molar-refractivity contribution in [2.75, 3.05) is 11.4 Å². The van der Waals surface area contributed by atoms with Gasteiger partial charge in [-0.3, -0.25) is 8.99 Å². The van der Waals surface area contributed by atoms with Crippen molar-refractivity contribution in [1.82, 2.24) is 24.5 Å². The van der Waals surface area contributed by atoms with E-state index in [2.05, 4.69) is 29.0 Å². The van der Waals surface area contributed by atoms with E-state index in [1.807, 2.05) is 24.4 Å². The minimum Gasteiger partial charge on any atom is -0.267 e. The van der Waals surface area contributed by atoms with Gasteiger partial charge in [0, 0.05) is 31.9 Å². The number of para-hydroxylation sites is 1. The van der Waals surface area contributed by atoms with E-state index in [-0.39, 0.29) is 4.90 Å². The number of aryl methyl sites for hydroxylation is 1. The molecule has 0 N–H and O–H groups in total. The predicted octanol–water partition coefficient (Wildman–Crippen LogP) is 3.10. The Balaban J connectivity index is 1.68. The van der Waals surface area contributed by atoms with Gasteiger partial charge in [0.15, 0.2) is 5.82 Å². The third-order valence-electron chi connectivity index (χ3n) is 4.89. The molecule has 0 aliphatic rings. The molecular formula is C20H22N6O2S. The first kappa shape index (κ1) is 19.1. The minimum atomic E-state index is -3.79. The van der Waals surface area contributed by atoms with E-state index in [4.69, 9.17) is 0 Å². The van der Waals surface area contributed by atoms with Crippen LogP contribution in [0.25, 0.3) is 16.7 Å². The molecule has 0 aliphatic heterocycles. The highest BCUT2D eigenvalue weighted by atomic mass is 32.2. The van der Waals surface area contributed by atoms with Gasteiger partial charge in [0.1, 0.15) is 4.90 Å². The standard InChI is InChI=1S/C20H22N6O2S/c1-14(2)17-10-11-26(23-17)19-9-8-16(13-21-19)29(27,28)25(4)18-7-5-6-15-12-22-24(3)20(15)18/h5-14H,1-4H3. The lowest BCUT2D eigenvalue weighted by Crippen LogP contribution is -2.27. The van der Waals surface area contributed by atoms with E-state index in [0.29, 0.717) is 17.4 Å². The minimum absolute atomic E-state index is 0.110. The molecular weight excluding hydrogens is 388 g/mol. The summed E-state index contributed by atoms with van der Waals surface area (Å²) in [6.45, 7) is 4.13. The summed E-state index contributed by atoms with van der Waals surface area (Å²) < 4.78 is 30.9. The van der Waals surface area contributed by atoms with Gasteiger partial charge in [-0.15, -0.1) is 0 Å². The van der Waals surface area contributed by atoms with E-state index in [0.717, 1.165) is 16.6 Å². The Kier molecular flexibility index (Phi) is 4.62. The van der Waals surface area contributed by atoms with Crippen LogP contribution in [0.1, 0.15) is 25.5 Å². The van der Waals surface area contributed by atoms with Gasteiger partial charge in [-0.1, -0.05) is 26.0 Å². The number of hydrogen-bond acceptors (Lipinski definition) is 5. The third-order valence-corrected chi connectivity index (χ3v) is 6.65. The van der Waals surface area contributed by atoms with Crippen molar-refractivity contribution in [2.45, 2.75) is 24.7 Å². The summed E-state index contributed by atoms with van der Waals surface area (Å²) in [6.07, 6.45) is 4.90. The molecule has 1 aromatic carbocycles. The van der Waals surface area contributed by atoms with Crippen molar-refractivity contribution in [3.8, 4) is 5.82 Å². The van der Waals surface area contributed by atoms with Crippen LogP contribution in [0.4, 0.5) is 5.69 Å². The largest absolute Gasteiger partial charge is 0.267 e. The van der Waals surface area contributed by atoms with Crippen LogP contribution < -0.4 is 4.31 Å². The molecule has 3 aromatic heterocycles. The first-order valence-electron chi connectivity index (χ1n) is 9.20. The second-order valence-corrected chi connectivity index (χ2v) is 9.12. The van der Waals surface area contributed by atoms with Crippen LogP contribution in [-0.4, -0.2) is 40.0 Å². The van der Waals surface area contributed by atoms with Crippen LogP contribution in [0, 0.1) is 0 Å². The van der Waals surface area contributed by atoms with E-state index < -0.39 is 10.0 Å². The average molecular weight is 411 g/mol. The molecule has 0 bridgehead atoms. The SMILES string of the molecule is CC(C)c1ccn(-c2ccc(S(=O)(=O)N(C)c3cccc4cnn(C)c34)cn2)n1. The van der Waals surface area contributed by atoms with Crippen LogP contribution in [-0.2, 0) is 17.1 Å². The molecule has 0 atom stereocenters. The summed E-state index contributed by atoms with van der Waals surface area (Å²) in [5, 5.41) is 9.58. The lowest BCUT2D eigenvalue weighted by Gasteiger charge is -2.20. The molecule has 4 rings (SSSR count). The first-order chi connectivity index (χ1) is 13.8. The molecule has 29 heavy (non-hydrogen) atoms.